The van der Waals surface area contributed by atoms with Crippen LogP contribution in [0.4, 0.5) is 0 Å². The van der Waals surface area contributed by atoms with Crippen molar-refractivity contribution in [2.75, 3.05) is 13.1 Å². The molecule has 226 valence electrons. The summed E-state index contributed by atoms with van der Waals surface area (Å²) in [5.74, 6) is 7.16. The minimum absolute atomic E-state index is 0.0750. The second-order valence-electron chi connectivity index (χ2n) is 11.4. The molecule has 2 amide bonds. The molecule has 0 bridgehead atoms. The van der Waals surface area contributed by atoms with Gasteiger partial charge < -0.3 is 14.8 Å². The summed E-state index contributed by atoms with van der Waals surface area (Å²) in [7, 11) is 0. The molecule has 8 nitrogen and oxygen atoms in total. The van der Waals surface area contributed by atoms with E-state index in [1.807, 2.05) is 35.4 Å². The van der Waals surface area contributed by atoms with Crippen LogP contribution in [0.3, 0.4) is 0 Å². The third-order valence-electron chi connectivity index (χ3n) is 8.43. The third kappa shape index (κ3) is 6.20. The van der Waals surface area contributed by atoms with Crippen molar-refractivity contribution in [1.82, 2.24) is 29.7 Å². The third-order valence-corrected chi connectivity index (χ3v) is 8.43. The van der Waals surface area contributed by atoms with Gasteiger partial charge in [0.25, 0.3) is 5.91 Å². The fourth-order valence-electron chi connectivity index (χ4n) is 5.73. The zero-order chi connectivity index (χ0) is 31.5. The van der Waals surface area contributed by atoms with Crippen LogP contribution in [0.1, 0.15) is 59.0 Å². The molecule has 0 saturated heterocycles. The number of carbonyl (C=O) groups is 2. The first-order chi connectivity index (χ1) is 21.8. The highest BCUT2D eigenvalue weighted by atomic mass is 16.2. The fraction of sp³-hybridized carbons (Fsp3) is 0.270. The van der Waals surface area contributed by atoms with Gasteiger partial charge in [0.2, 0.25) is 5.91 Å². The maximum Gasteiger partial charge on any atom is 0.269 e. The standard InChI is InChI=1S/C37H36N6O2/c1-5-35-41-36(34-23-42(26(4)44)17-18-43(34)35)30-11-8-10-28-20-33(40-22-31(28)30)29-14-15-32(39-21-29)37(45)38-16-7-6-9-27-13-12-24(2)25(3)19-27/h8,10-15,19-22H,5,7,16-18,23H2,1-4H3,(H,38,45). The van der Waals surface area contributed by atoms with E-state index >= 15 is 0 Å². The van der Waals surface area contributed by atoms with Gasteiger partial charge >= 0.3 is 0 Å². The van der Waals surface area contributed by atoms with E-state index in [0.717, 1.165) is 63.3 Å². The number of rotatable bonds is 6. The molecule has 1 N–H and O–H groups in total. The molecular formula is C37H36N6O2. The van der Waals surface area contributed by atoms with Crippen molar-refractivity contribution in [2.45, 2.75) is 53.6 Å². The molecule has 4 heterocycles. The van der Waals surface area contributed by atoms with Crippen molar-refractivity contribution < 1.29 is 9.59 Å². The Balaban J connectivity index is 1.16. The lowest BCUT2D eigenvalue weighted by Crippen LogP contribution is -2.37. The normalized spacial score (nSPS) is 12.4. The van der Waals surface area contributed by atoms with Crippen LogP contribution in [-0.4, -0.2) is 49.3 Å². The van der Waals surface area contributed by atoms with E-state index in [4.69, 9.17) is 9.97 Å². The van der Waals surface area contributed by atoms with Crippen LogP contribution in [0.2, 0.25) is 0 Å². The number of fused-ring (bicyclic) bond motifs is 2. The summed E-state index contributed by atoms with van der Waals surface area (Å²) in [4.78, 5) is 40.9. The molecule has 2 aromatic carbocycles. The van der Waals surface area contributed by atoms with Crippen molar-refractivity contribution in [3.8, 4) is 34.4 Å². The van der Waals surface area contributed by atoms with Crippen molar-refractivity contribution in [1.29, 1.82) is 0 Å². The van der Waals surface area contributed by atoms with E-state index in [2.05, 4.69) is 71.7 Å². The summed E-state index contributed by atoms with van der Waals surface area (Å²) in [6, 6.07) is 18.0. The number of hydrogen-bond acceptors (Lipinski definition) is 5. The fourth-order valence-corrected chi connectivity index (χ4v) is 5.73. The molecule has 0 unspecified atom stereocenters. The lowest BCUT2D eigenvalue weighted by Gasteiger charge is -2.28. The molecule has 0 atom stereocenters. The quantitative estimate of drug-likeness (QED) is 0.195. The first-order valence-corrected chi connectivity index (χ1v) is 15.4. The van der Waals surface area contributed by atoms with Gasteiger partial charge in [-0.15, -0.1) is 0 Å². The van der Waals surface area contributed by atoms with Gasteiger partial charge in [0.15, 0.2) is 0 Å². The Morgan fingerprint density at radius 2 is 1.84 bits per heavy atom. The summed E-state index contributed by atoms with van der Waals surface area (Å²) in [5, 5.41) is 4.92. The lowest BCUT2D eigenvalue weighted by atomic mass is 10.0. The smallest absolute Gasteiger partial charge is 0.269 e. The van der Waals surface area contributed by atoms with Crippen LogP contribution >= 0.6 is 0 Å². The van der Waals surface area contributed by atoms with Crippen LogP contribution in [0.5, 0.6) is 0 Å². The number of aryl methyl sites for hydroxylation is 3. The van der Waals surface area contributed by atoms with Crippen LogP contribution in [0.15, 0.2) is 67.0 Å². The van der Waals surface area contributed by atoms with E-state index < -0.39 is 0 Å². The first kappa shape index (κ1) is 29.8. The van der Waals surface area contributed by atoms with E-state index in [1.54, 1.807) is 19.2 Å². The number of nitrogens with one attached hydrogen (secondary N) is 1. The molecule has 45 heavy (non-hydrogen) atoms. The van der Waals surface area contributed by atoms with Crippen LogP contribution in [0, 0.1) is 25.7 Å². The number of amides is 2. The van der Waals surface area contributed by atoms with Crippen LogP contribution in [0.25, 0.3) is 33.3 Å². The van der Waals surface area contributed by atoms with Crippen LogP contribution in [-0.2, 0) is 24.3 Å². The Morgan fingerprint density at radius 3 is 2.60 bits per heavy atom. The number of pyridine rings is 2. The monoisotopic (exact) mass is 596 g/mol. The first-order valence-electron chi connectivity index (χ1n) is 15.4. The van der Waals surface area contributed by atoms with Gasteiger partial charge in [-0.25, -0.2) is 4.98 Å². The predicted molar refractivity (Wildman–Crippen MR) is 176 cm³/mol. The molecule has 0 saturated carbocycles. The summed E-state index contributed by atoms with van der Waals surface area (Å²) in [6.45, 7) is 10.3. The number of benzene rings is 2. The molecule has 0 aliphatic carbocycles. The van der Waals surface area contributed by atoms with Crippen molar-refractivity contribution in [3.63, 3.8) is 0 Å². The maximum absolute atomic E-state index is 12.7. The molecule has 0 spiro atoms. The molecule has 1 aliphatic rings. The molecular weight excluding hydrogens is 560 g/mol. The number of nitrogens with zero attached hydrogens (tertiary/aromatic N) is 5. The Morgan fingerprint density at radius 1 is 0.978 bits per heavy atom. The van der Waals surface area contributed by atoms with Crippen LogP contribution < -0.4 is 5.32 Å². The van der Waals surface area contributed by atoms with Crippen molar-refractivity contribution in [2.24, 2.45) is 0 Å². The Hall–Kier alpha value is -5.29. The SMILES string of the molecule is CCc1nc(-c2cccc3cc(-c4ccc(C(=O)NCCC#Cc5ccc(C)c(C)c5)nc4)ncc23)c2n1CCN(C(C)=O)C2. The van der Waals surface area contributed by atoms with Gasteiger partial charge in [0.05, 0.1) is 23.6 Å². The second-order valence-corrected chi connectivity index (χ2v) is 11.4. The number of aromatic nitrogens is 4. The molecule has 1 aliphatic heterocycles. The topological polar surface area (TPSA) is 93.0 Å². The summed E-state index contributed by atoms with van der Waals surface area (Å²) in [5.41, 5.74) is 8.36. The largest absolute Gasteiger partial charge is 0.350 e. The molecule has 3 aromatic heterocycles. The van der Waals surface area contributed by atoms with Gasteiger partial charge in [-0.1, -0.05) is 43.0 Å². The van der Waals surface area contributed by atoms with E-state index in [0.29, 0.717) is 31.7 Å². The second kappa shape index (κ2) is 12.7. The average Bonchev–Trinajstić information content (AvgIpc) is 3.43. The van der Waals surface area contributed by atoms with E-state index in [1.165, 1.54) is 11.1 Å². The van der Waals surface area contributed by atoms with Crippen molar-refractivity contribution >= 4 is 22.6 Å². The van der Waals surface area contributed by atoms with Crippen molar-refractivity contribution in [3.05, 3.63) is 101 Å². The van der Waals surface area contributed by atoms with E-state index in [-0.39, 0.29) is 11.8 Å². The highest BCUT2D eigenvalue weighted by Crippen LogP contribution is 2.34. The van der Waals surface area contributed by atoms with Gasteiger partial charge in [-0.05, 0) is 60.7 Å². The molecule has 0 radical (unpaired) electrons. The zero-order valence-corrected chi connectivity index (χ0v) is 26.1. The zero-order valence-electron chi connectivity index (χ0n) is 26.1. The molecule has 0 fully saturated rings. The van der Waals surface area contributed by atoms with Gasteiger partial charge in [-0.2, -0.15) is 0 Å². The van der Waals surface area contributed by atoms with E-state index in [9.17, 15) is 9.59 Å². The predicted octanol–water partition coefficient (Wildman–Crippen LogP) is 5.87. The molecule has 6 rings (SSSR count). The minimum atomic E-state index is -0.233. The lowest BCUT2D eigenvalue weighted by molar-refractivity contribution is -0.130. The minimum Gasteiger partial charge on any atom is -0.350 e. The highest BCUT2D eigenvalue weighted by Gasteiger charge is 2.26. The Bertz CT molecular complexity index is 1980. The molecule has 8 heteroatoms. The molecule has 5 aromatic rings. The highest BCUT2D eigenvalue weighted by molar-refractivity contribution is 5.97. The van der Waals surface area contributed by atoms with Gasteiger partial charge in [0, 0.05) is 73.9 Å². The Kier molecular flexibility index (Phi) is 8.43. The van der Waals surface area contributed by atoms with Gasteiger partial charge in [0.1, 0.15) is 11.5 Å². The summed E-state index contributed by atoms with van der Waals surface area (Å²) >= 11 is 0. The average molecular weight is 597 g/mol. The number of hydrogen-bond donors (Lipinski definition) is 1. The maximum atomic E-state index is 12.7. The summed E-state index contributed by atoms with van der Waals surface area (Å²) < 4.78 is 2.26. The number of imidazole rings is 1. The van der Waals surface area contributed by atoms with Gasteiger partial charge in [-0.3, -0.25) is 19.6 Å². The summed E-state index contributed by atoms with van der Waals surface area (Å²) in [6.07, 6.45) is 4.93. The number of carbonyl (C=O) groups excluding carboxylic acids is 2. The Labute approximate surface area is 263 Å².